The number of carbonyl (C=O) groups is 2. The lowest BCUT2D eigenvalue weighted by atomic mass is 10.0. The molecule has 2 rings (SSSR count). The van der Waals surface area contributed by atoms with Gasteiger partial charge in [0.25, 0.3) is 0 Å². The predicted molar refractivity (Wildman–Crippen MR) is 102 cm³/mol. The zero-order chi connectivity index (χ0) is 19.3. The van der Waals surface area contributed by atoms with Crippen LogP contribution in [0.1, 0.15) is 44.7 Å². The van der Waals surface area contributed by atoms with Crippen LogP contribution in [-0.2, 0) is 11.2 Å². The predicted octanol–water partition coefficient (Wildman–Crippen LogP) is 2.63. The number of carbonyl (C=O) groups excluding carboxylic acids is 2. The molecule has 0 unspecified atom stereocenters. The average molecular weight is 361 g/mol. The Hall–Kier alpha value is -2.24. The Bertz CT molecular complexity index is 644. The van der Waals surface area contributed by atoms with Crippen molar-refractivity contribution in [2.75, 3.05) is 20.2 Å². The van der Waals surface area contributed by atoms with E-state index in [1.807, 2.05) is 50.8 Å². The van der Waals surface area contributed by atoms with Gasteiger partial charge in [-0.25, -0.2) is 4.79 Å². The maximum Gasteiger partial charge on any atom is 0.317 e. The highest BCUT2D eigenvalue weighted by molar-refractivity contribution is 5.80. The van der Waals surface area contributed by atoms with E-state index in [4.69, 9.17) is 4.74 Å². The summed E-state index contributed by atoms with van der Waals surface area (Å²) in [7, 11) is 1.62. The summed E-state index contributed by atoms with van der Waals surface area (Å²) in [5, 5.41) is 6.07. The highest BCUT2D eigenvalue weighted by atomic mass is 16.5. The molecule has 1 aliphatic rings. The molecule has 1 fully saturated rings. The molecule has 0 aromatic heterocycles. The number of likely N-dealkylation sites (tertiary alicyclic amines) is 1. The molecule has 26 heavy (non-hydrogen) atoms. The molecule has 6 heteroatoms. The average Bonchev–Trinajstić information content (AvgIpc) is 2.54. The summed E-state index contributed by atoms with van der Waals surface area (Å²) in [6, 6.07) is 5.92. The maximum atomic E-state index is 12.4. The summed E-state index contributed by atoms with van der Waals surface area (Å²) in [6.45, 7) is 9.22. The third-order valence-corrected chi connectivity index (χ3v) is 4.42. The van der Waals surface area contributed by atoms with E-state index in [9.17, 15) is 9.59 Å². The fourth-order valence-corrected chi connectivity index (χ4v) is 3.12. The van der Waals surface area contributed by atoms with Crippen LogP contribution in [0.5, 0.6) is 5.75 Å². The third kappa shape index (κ3) is 5.93. The maximum absolute atomic E-state index is 12.4. The number of benzene rings is 1. The zero-order valence-electron chi connectivity index (χ0n) is 16.5. The number of urea groups is 1. The van der Waals surface area contributed by atoms with Crippen molar-refractivity contribution in [3.63, 3.8) is 0 Å². The van der Waals surface area contributed by atoms with Crippen molar-refractivity contribution in [1.29, 1.82) is 0 Å². The van der Waals surface area contributed by atoms with Gasteiger partial charge in [-0.05, 0) is 46.6 Å². The van der Waals surface area contributed by atoms with E-state index < -0.39 is 0 Å². The van der Waals surface area contributed by atoms with E-state index >= 15 is 0 Å². The number of amides is 3. The molecule has 0 aliphatic carbocycles. The Balaban J connectivity index is 1.83. The first kappa shape index (κ1) is 20.1. The van der Waals surface area contributed by atoms with Crippen molar-refractivity contribution >= 4 is 11.9 Å². The van der Waals surface area contributed by atoms with Crippen molar-refractivity contribution in [3.05, 3.63) is 29.3 Å². The molecule has 1 aromatic carbocycles. The molecule has 0 radical (unpaired) electrons. The molecular formula is C20H31N3O3. The molecule has 1 saturated heterocycles. The quantitative estimate of drug-likeness (QED) is 0.866. The highest BCUT2D eigenvalue weighted by Gasteiger charge is 2.26. The number of hydrogen-bond donors (Lipinski definition) is 2. The van der Waals surface area contributed by atoms with Crippen LogP contribution >= 0.6 is 0 Å². The zero-order valence-corrected chi connectivity index (χ0v) is 16.5. The molecule has 6 nitrogen and oxygen atoms in total. The topological polar surface area (TPSA) is 70.7 Å². The fourth-order valence-electron chi connectivity index (χ4n) is 3.12. The molecule has 1 aliphatic heterocycles. The van der Waals surface area contributed by atoms with Gasteiger partial charge in [-0.15, -0.1) is 0 Å². The summed E-state index contributed by atoms with van der Waals surface area (Å²) in [5.74, 6) is 0.728. The van der Waals surface area contributed by atoms with E-state index in [1.54, 1.807) is 7.11 Å². The molecular weight excluding hydrogens is 330 g/mol. The van der Waals surface area contributed by atoms with Crippen LogP contribution < -0.4 is 15.4 Å². The van der Waals surface area contributed by atoms with Crippen molar-refractivity contribution in [3.8, 4) is 5.75 Å². The Labute approximate surface area is 156 Å². The first-order chi connectivity index (χ1) is 12.2. The van der Waals surface area contributed by atoms with E-state index in [1.165, 1.54) is 0 Å². The van der Waals surface area contributed by atoms with Crippen LogP contribution in [0.3, 0.4) is 0 Å². The monoisotopic (exact) mass is 361 g/mol. The van der Waals surface area contributed by atoms with Crippen molar-refractivity contribution in [2.24, 2.45) is 0 Å². The number of nitrogens with zero attached hydrogens (tertiary/aromatic N) is 1. The largest absolute Gasteiger partial charge is 0.496 e. The number of hydrogen-bond acceptors (Lipinski definition) is 3. The highest BCUT2D eigenvalue weighted by Crippen LogP contribution is 2.20. The summed E-state index contributed by atoms with van der Waals surface area (Å²) in [6.07, 6.45) is 1.85. The molecule has 1 aromatic rings. The van der Waals surface area contributed by atoms with E-state index in [0.29, 0.717) is 19.5 Å². The van der Waals surface area contributed by atoms with Crippen molar-refractivity contribution in [1.82, 2.24) is 15.5 Å². The Kier molecular flexibility index (Phi) is 6.51. The second-order valence-electron chi connectivity index (χ2n) is 8.00. The van der Waals surface area contributed by atoms with Crippen LogP contribution in [0.25, 0.3) is 0 Å². The van der Waals surface area contributed by atoms with Gasteiger partial charge in [0.15, 0.2) is 0 Å². The number of methoxy groups -OCH3 is 1. The van der Waals surface area contributed by atoms with Gasteiger partial charge in [0.05, 0.1) is 13.5 Å². The summed E-state index contributed by atoms with van der Waals surface area (Å²) in [4.78, 5) is 26.4. The lowest BCUT2D eigenvalue weighted by Crippen LogP contribution is -2.53. The molecule has 3 amide bonds. The van der Waals surface area contributed by atoms with Crippen molar-refractivity contribution < 1.29 is 14.3 Å². The minimum atomic E-state index is -0.241. The lowest BCUT2D eigenvalue weighted by molar-refractivity contribution is -0.121. The second kappa shape index (κ2) is 8.43. The normalized spacial score (nSPS) is 15.5. The summed E-state index contributed by atoms with van der Waals surface area (Å²) in [5.41, 5.74) is 1.76. The van der Waals surface area contributed by atoms with Crippen LogP contribution in [-0.4, -0.2) is 48.6 Å². The standard InChI is InChI=1S/C20H31N3O3/c1-14-6-7-17(26-5)15(12-14)13-18(24)21-16-8-10-23(11-9-16)19(25)22-20(2,3)4/h6-7,12,16H,8-11,13H2,1-5H3,(H,21,24)(H,22,25). The second-order valence-corrected chi connectivity index (χ2v) is 8.00. The molecule has 0 spiro atoms. The minimum Gasteiger partial charge on any atom is -0.496 e. The summed E-state index contributed by atoms with van der Waals surface area (Å²) < 4.78 is 5.34. The SMILES string of the molecule is COc1ccc(C)cc1CC(=O)NC1CCN(C(=O)NC(C)(C)C)CC1. The first-order valence-corrected chi connectivity index (χ1v) is 9.18. The minimum absolute atomic E-state index is 0.00788. The number of nitrogens with one attached hydrogen (secondary N) is 2. The van der Waals surface area contributed by atoms with Crippen LogP contribution in [0.4, 0.5) is 4.79 Å². The van der Waals surface area contributed by atoms with Crippen LogP contribution in [0, 0.1) is 6.92 Å². The molecule has 0 saturated carbocycles. The number of ether oxygens (including phenoxy) is 1. The van der Waals surface area contributed by atoms with Gasteiger partial charge in [0, 0.05) is 30.2 Å². The van der Waals surface area contributed by atoms with E-state index in [2.05, 4.69) is 10.6 Å². The van der Waals surface area contributed by atoms with Gasteiger partial charge in [-0.3, -0.25) is 4.79 Å². The van der Waals surface area contributed by atoms with Gasteiger partial charge >= 0.3 is 6.03 Å². The van der Waals surface area contributed by atoms with Gasteiger partial charge in [0.2, 0.25) is 5.91 Å². The number of piperidine rings is 1. The molecule has 0 bridgehead atoms. The smallest absolute Gasteiger partial charge is 0.317 e. The Morgan fingerprint density at radius 1 is 1.23 bits per heavy atom. The van der Waals surface area contributed by atoms with Gasteiger partial charge < -0.3 is 20.3 Å². The first-order valence-electron chi connectivity index (χ1n) is 9.18. The van der Waals surface area contributed by atoms with E-state index in [-0.39, 0.29) is 23.5 Å². The number of aryl methyl sites for hydroxylation is 1. The molecule has 1 heterocycles. The van der Waals surface area contributed by atoms with Crippen LogP contribution in [0.2, 0.25) is 0 Å². The van der Waals surface area contributed by atoms with Gasteiger partial charge in [-0.2, -0.15) is 0 Å². The number of rotatable bonds is 4. The Morgan fingerprint density at radius 2 is 1.88 bits per heavy atom. The fraction of sp³-hybridized carbons (Fsp3) is 0.600. The van der Waals surface area contributed by atoms with E-state index in [0.717, 1.165) is 29.7 Å². The van der Waals surface area contributed by atoms with Crippen molar-refractivity contribution in [2.45, 2.75) is 58.5 Å². The summed E-state index contributed by atoms with van der Waals surface area (Å²) >= 11 is 0. The molecule has 144 valence electrons. The molecule has 0 atom stereocenters. The third-order valence-electron chi connectivity index (χ3n) is 4.42. The van der Waals surface area contributed by atoms with Crippen LogP contribution in [0.15, 0.2) is 18.2 Å². The van der Waals surface area contributed by atoms with Gasteiger partial charge in [0.1, 0.15) is 5.75 Å². The lowest BCUT2D eigenvalue weighted by Gasteiger charge is -2.34. The Morgan fingerprint density at radius 3 is 2.46 bits per heavy atom. The molecule has 2 N–H and O–H groups in total. The van der Waals surface area contributed by atoms with Gasteiger partial charge in [-0.1, -0.05) is 17.7 Å².